The highest BCUT2D eigenvalue weighted by Gasteiger charge is 2.30. The highest BCUT2D eigenvalue weighted by molar-refractivity contribution is 5.70. The highest BCUT2D eigenvalue weighted by Crippen LogP contribution is 2.26. The summed E-state index contributed by atoms with van der Waals surface area (Å²) < 4.78 is 4.79. The molecule has 20 heavy (non-hydrogen) atoms. The zero-order valence-corrected chi connectivity index (χ0v) is 12.4. The van der Waals surface area contributed by atoms with Crippen molar-refractivity contribution in [3.8, 4) is 0 Å². The van der Waals surface area contributed by atoms with Crippen molar-refractivity contribution in [3.63, 3.8) is 0 Å². The smallest absolute Gasteiger partial charge is 0.307 e. The van der Waals surface area contributed by atoms with E-state index in [1.807, 2.05) is 0 Å². The topological polar surface area (TPSA) is 49.9 Å². The largest absolute Gasteiger partial charge is 0.469 e. The molecule has 1 amide bonds. The normalized spacial score (nSPS) is 25.4. The lowest BCUT2D eigenvalue weighted by Crippen LogP contribution is -2.54. The molecule has 1 aliphatic heterocycles. The summed E-state index contributed by atoms with van der Waals surface area (Å²) in [6.45, 7) is 3.35. The quantitative estimate of drug-likeness (QED) is 0.563. The Hall–Kier alpha value is -1.10. The number of methoxy groups -OCH3 is 1. The van der Waals surface area contributed by atoms with Gasteiger partial charge in [-0.15, -0.1) is 0 Å². The van der Waals surface area contributed by atoms with E-state index in [0.29, 0.717) is 13.0 Å². The molecule has 0 aromatic heterocycles. The van der Waals surface area contributed by atoms with Crippen molar-refractivity contribution in [3.05, 3.63) is 0 Å². The first-order chi connectivity index (χ1) is 9.72. The fourth-order valence-corrected chi connectivity index (χ4v) is 3.42. The number of amides is 1. The second-order valence-electron chi connectivity index (χ2n) is 6.03. The van der Waals surface area contributed by atoms with Gasteiger partial charge in [0.05, 0.1) is 13.5 Å². The minimum Gasteiger partial charge on any atom is -0.469 e. The van der Waals surface area contributed by atoms with Crippen molar-refractivity contribution in [1.29, 1.82) is 0 Å². The molecule has 0 spiro atoms. The molecule has 0 aromatic carbocycles. The fraction of sp³-hybridized carbons (Fsp3) is 0.867. The molecule has 114 valence electrons. The Kier molecular flexibility index (Phi) is 5.83. The summed E-state index contributed by atoms with van der Waals surface area (Å²) in [7, 11) is 1.42. The lowest BCUT2D eigenvalue weighted by molar-refractivity contribution is -0.143. The third-order valence-electron chi connectivity index (χ3n) is 4.63. The molecule has 2 aliphatic rings. The van der Waals surface area contributed by atoms with Crippen LogP contribution in [0.1, 0.15) is 38.5 Å². The Morgan fingerprint density at radius 3 is 2.65 bits per heavy atom. The summed E-state index contributed by atoms with van der Waals surface area (Å²) >= 11 is 0. The van der Waals surface area contributed by atoms with Gasteiger partial charge in [-0.05, 0) is 18.8 Å². The van der Waals surface area contributed by atoms with Crippen LogP contribution in [-0.4, -0.2) is 61.5 Å². The molecule has 0 bridgehead atoms. The van der Waals surface area contributed by atoms with Gasteiger partial charge in [0.2, 0.25) is 6.41 Å². The molecule has 0 radical (unpaired) electrons. The average molecular weight is 282 g/mol. The van der Waals surface area contributed by atoms with Crippen molar-refractivity contribution in [2.24, 2.45) is 5.92 Å². The van der Waals surface area contributed by atoms with Crippen LogP contribution in [0.5, 0.6) is 0 Å². The van der Waals surface area contributed by atoms with E-state index in [1.165, 1.54) is 39.2 Å². The van der Waals surface area contributed by atoms with Crippen LogP contribution in [0.2, 0.25) is 0 Å². The SMILES string of the molecule is COC(=O)CC1CN(C=O)CCN1CC1CCCCC1. The molecule has 1 heterocycles. The molecule has 5 nitrogen and oxygen atoms in total. The van der Waals surface area contributed by atoms with E-state index >= 15 is 0 Å². The van der Waals surface area contributed by atoms with Crippen LogP contribution in [0, 0.1) is 5.92 Å². The van der Waals surface area contributed by atoms with Gasteiger partial charge < -0.3 is 9.64 Å². The molecule has 0 N–H and O–H groups in total. The number of hydrogen-bond donors (Lipinski definition) is 0. The minimum absolute atomic E-state index is 0.114. The van der Waals surface area contributed by atoms with Crippen molar-refractivity contribution >= 4 is 12.4 Å². The number of carbonyl (C=O) groups excluding carboxylic acids is 2. The Labute approximate surface area is 121 Å². The van der Waals surface area contributed by atoms with Gasteiger partial charge >= 0.3 is 5.97 Å². The number of nitrogens with zero attached hydrogens (tertiary/aromatic N) is 2. The molecule has 1 aliphatic carbocycles. The number of esters is 1. The number of piperazine rings is 1. The fourth-order valence-electron chi connectivity index (χ4n) is 3.42. The number of hydrogen-bond acceptors (Lipinski definition) is 4. The Balaban J connectivity index is 1.92. The summed E-state index contributed by atoms with van der Waals surface area (Å²) in [6, 6.07) is 0.114. The molecule has 2 rings (SSSR count). The maximum absolute atomic E-state index is 11.6. The Bertz CT molecular complexity index is 329. The molecule has 0 aromatic rings. The molecule has 5 heteroatoms. The van der Waals surface area contributed by atoms with Crippen molar-refractivity contribution in [1.82, 2.24) is 9.80 Å². The number of rotatable bonds is 5. The lowest BCUT2D eigenvalue weighted by Gasteiger charge is -2.41. The first kappa shape index (κ1) is 15.3. The lowest BCUT2D eigenvalue weighted by atomic mass is 9.88. The van der Waals surface area contributed by atoms with E-state index in [4.69, 9.17) is 4.74 Å². The van der Waals surface area contributed by atoms with Crippen molar-refractivity contribution in [2.45, 2.75) is 44.6 Å². The summed E-state index contributed by atoms with van der Waals surface area (Å²) in [5.41, 5.74) is 0. The summed E-state index contributed by atoms with van der Waals surface area (Å²) in [5.74, 6) is 0.572. The standard InChI is InChI=1S/C15H26N2O3/c1-20-15(19)9-14-11-16(12-18)7-8-17(14)10-13-5-3-2-4-6-13/h12-14H,2-11H2,1H3. The van der Waals surface area contributed by atoms with Gasteiger partial charge in [-0.1, -0.05) is 19.3 Å². The second-order valence-corrected chi connectivity index (χ2v) is 6.03. The maximum atomic E-state index is 11.6. The van der Waals surface area contributed by atoms with Gasteiger partial charge in [0.1, 0.15) is 0 Å². The van der Waals surface area contributed by atoms with E-state index in [9.17, 15) is 9.59 Å². The summed E-state index contributed by atoms with van der Waals surface area (Å²) in [6.07, 6.45) is 7.91. The van der Waals surface area contributed by atoms with Crippen LogP contribution in [-0.2, 0) is 14.3 Å². The monoisotopic (exact) mass is 282 g/mol. The van der Waals surface area contributed by atoms with Gasteiger partial charge in [-0.3, -0.25) is 14.5 Å². The van der Waals surface area contributed by atoms with Crippen LogP contribution in [0.25, 0.3) is 0 Å². The van der Waals surface area contributed by atoms with E-state index in [1.54, 1.807) is 4.90 Å². The van der Waals surface area contributed by atoms with E-state index in [2.05, 4.69) is 4.90 Å². The minimum atomic E-state index is -0.184. The number of ether oxygens (including phenoxy) is 1. The highest BCUT2D eigenvalue weighted by atomic mass is 16.5. The average Bonchev–Trinajstić information content (AvgIpc) is 2.50. The molecule has 1 saturated heterocycles. The molecular weight excluding hydrogens is 256 g/mol. The Morgan fingerprint density at radius 1 is 1.25 bits per heavy atom. The van der Waals surface area contributed by atoms with Crippen LogP contribution < -0.4 is 0 Å². The molecule has 1 atom stereocenters. The molecule has 1 saturated carbocycles. The third-order valence-corrected chi connectivity index (χ3v) is 4.63. The molecule has 1 unspecified atom stereocenters. The van der Waals surface area contributed by atoms with E-state index in [-0.39, 0.29) is 12.0 Å². The van der Waals surface area contributed by atoms with Crippen LogP contribution in [0.3, 0.4) is 0 Å². The molecular formula is C15H26N2O3. The van der Waals surface area contributed by atoms with Crippen molar-refractivity contribution < 1.29 is 14.3 Å². The zero-order valence-electron chi connectivity index (χ0n) is 12.4. The van der Waals surface area contributed by atoms with Gasteiger partial charge in [0.25, 0.3) is 0 Å². The van der Waals surface area contributed by atoms with Crippen LogP contribution in [0.4, 0.5) is 0 Å². The van der Waals surface area contributed by atoms with Crippen LogP contribution >= 0.6 is 0 Å². The van der Waals surface area contributed by atoms with E-state index < -0.39 is 0 Å². The summed E-state index contributed by atoms with van der Waals surface area (Å²) in [5, 5.41) is 0. The van der Waals surface area contributed by atoms with Gasteiger partial charge in [0.15, 0.2) is 0 Å². The van der Waals surface area contributed by atoms with Gasteiger partial charge in [-0.2, -0.15) is 0 Å². The first-order valence-corrected chi connectivity index (χ1v) is 7.73. The van der Waals surface area contributed by atoms with E-state index in [0.717, 1.165) is 32.0 Å². The zero-order chi connectivity index (χ0) is 14.4. The van der Waals surface area contributed by atoms with Crippen LogP contribution in [0.15, 0.2) is 0 Å². The van der Waals surface area contributed by atoms with Gasteiger partial charge in [-0.25, -0.2) is 0 Å². The predicted octanol–water partition coefficient (Wildman–Crippen LogP) is 1.27. The maximum Gasteiger partial charge on any atom is 0.307 e. The first-order valence-electron chi connectivity index (χ1n) is 7.73. The van der Waals surface area contributed by atoms with Gasteiger partial charge in [0, 0.05) is 32.2 Å². The Morgan fingerprint density at radius 2 is 2.00 bits per heavy atom. The number of carbonyl (C=O) groups is 2. The van der Waals surface area contributed by atoms with Crippen molar-refractivity contribution in [2.75, 3.05) is 33.3 Å². The predicted molar refractivity (Wildman–Crippen MR) is 76.2 cm³/mol. The summed E-state index contributed by atoms with van der Waals surface area (Å²) in [4.78, 5) is 26.7. The molecule has 2 fully saturated rings. The second kappa shape index (κ2) is 7.62. The third kappa shape index (κ3) is 4.20.